The summed E-state index contributed by atoms with van der Waals surface area (Å²) in [5.74, 6) is 3.11. The maximum absolute atomic E-state index is 6.05. The van der Waals surface area contributed by atoms with Crippen molar-refractivity contribution in [2.75, 3.05) is 25.1 Å². The average molecular weight is 335 g/mol. The van der Waals surface area contributed by atoms with Gasteiger partial charge in [0.1, 0.15) is 5.75 Å². The van der Waals surface area contributed by atoms with Crippen LogP contribution in [0, 0.1) is 5.92 Å². The Kier molecular flexibility index (Phi) is 4.76. The van der Waals surface area contributed by atoms with E-state index in [1.54, 1.807) is 13.2 Å². The first-order valence-electron chi connectivity index (χ1n) is 8.12. The lowest BCUT2D eigenvalue weighted by molar-refractivity contribution is 0.416. The molecule has 1 heterocycles. The number of ether oxygens (including phenoxy) is 1. The van der Waals surface area contributed by atoms with Gasteiger partial charge < -0.3 is 9.64 Å². The summed E-state index contributed by atoms with van der Waals surface area (Å²) in [5, 5.41) is 5.28. The molecule has 1 aromatic heterocycles. The molecule has 0 unspecified atom stereocenters. The number of aromatic nitrogens is 3. The first-order chi connectivity index (χ1) is 11.1. The number of aryl methyl sites for hydroxylation is 1. The zero-order valence-electron chi connectivity index (χ0n) is 13.9. The number of hydrogen-bond acceptors (Lipinski definition) is 4. The second-order valence-corrected chi connectivity index (χ2v) is 6.53. The van der Waals surface area contributed by atoms with Gasteiger partial charge in [-0.3, -0.25) is 0 Å². The molecule has 0 amide bonds. The molecule has 1 fully saturated rings. The highest BCUT2D eigenvalue weighted by Gasteiger charge is 2.26. The smallest absolute Gasteiger partial charge is 0.245 e. The molecule has 3 rings (SSSR count). The normalized spacial score (nSPS) is 14.1. The van der Waals surface area contributed by atoms with E-state index in [-0.39, 0.29) is 0 Å². The van der Waals surface area contributed by atoms with Crippen molar-refractivity contribution in [3.63, 3.8) is 0 Å². The number of halogens is 1. The second kappa shape index (κ2) is 6.79. The Balaban J connectivity index is 1.93. The van der Waals surface area contributed by atoms with E-state index in [0.717, 1.165) is 42.8 Å². The topological polar surface area (TPSA) is 43.2 Å². The zero-order chi connectivity index (χ0) is 16.4. The van der Waals surface area contributed by atoms with Crippen LogP contribution in [-0.2, 0) is 7.05 Å². The molecular weight excluding hydrogens is 312 g/mol. The molecule has 0 atom stereocenters. The van der Waals surface area contributed by atoms with Crippen LogP contribution in [0.2, 0.25) is 5.02 Å². The minimum absolute atomic E-state index is 0.648. The minimum atomic E-state index is 0.648. The molecule has 0 spiro atoms. The SMILES string of the molecule is CCCN(CC1CC1)c1nc(-c2ccc(Cl)cc2OC)n(C)n1. The largest absolute Gasteiger partial charge is 0.496 e. The van der Waals surface area contributed by atoms with Gasteiger partial charge in [-0.05, 0) is 43.4 Å². The summed E-state index contributed by atoms with van der Waals surface area (Å²) in [7, 11) is 3.56. The fraction of sp³-hybridized carbons (Fsp3) is 0.529. The van der Waals surface area contributed by atoms with Gasteiger partial charge in [0, 0.05) is 25.2 Å². The van der Waals surface area contributed by atoms with Crippen LogP contribution in [-0.4, -0.2) is 35.0 Å². The highest BCUT2D eigenvalue weighted by Crippen LogP contribution is 2.34. The Morgan fingerprint density at radius 1 is 1.39 bits per heavy atom. The van der Waals surface area contributed by atoms with Crippen molar-refractivity contribution in [2.24, 2.45) is 13.0 Å². The van der Waals surface area contributed by atoms with Crippen LogP contribution in [0.5, 0.6) is 5.75 Å². The van der Waals surface area contributed by atoms with Crippen LogP contribution in [0.1, 0.15) is 26.2 Å². The highest BCUT2D eigenvalue weighted by molar-refractivity contribution is 6.30. The van der Waals surface area contributed by atoms with Crippen molar-refractivity contribution in [3.05, 3.63) is 23.2 Å². The van der Waals surface area contributed by atoms with Crippen molar-refractivity contribution in [1.29, 1.82) is 0 Å². The molecular formula is C17H23ClN4O. The summed E-state index contributed by atoms with van der Waals surface area (Å²) in [6.45, 7) is 4.22. The Labute approximate surface area is 142 Å². The van der Waals surface area contributed by atoms with Crippen LogP contribution in [0.3, 0.4) is 0 Å². The third-order valence-electron chi connectivity index (χ3n) is 4.11. The van der Waals surface area contributed by atoms with Gasteiger partial charge in [-0.2, -0.15) is 4.98 Å². The van der Waals surface area contributed by atoms with Gasteiger partial charge in [0.15, 0.2) is 5.82 Å². The van der Waals surface area contributed by atoms with E-state index in [1.165, 1.54) is 12.8 Å². The maximum Gasteiger partial charge on any atom is 0.245 e. The maximum atomic E-state index is 6.05. The van der Waals surface area contributed by atoms with Gasteiger partial charge in [0.2, 0.25) is 5.95 Å². The van der Waals surface area contributed by atoms with E-state index in [1.807, 2.05) is 23.9 Å². The third kappa shape index (κ3) is 3.61. The molecule has 0 saturated heterocycles. The zero-order valence-corrected chi connectivity index (χ0v) is 14.7. The van der Waals surface area contributed by atoms with Crippen LogP contribution in [0.15, 0.2) is 18.2 Å². The lowest BCUT2D eigenvalue weighted by atomic mass is 10.2. The molecule has 124 valence electrons. The van der Waals surface area contributed by atoms with E-state index < -0.39 is 0 Å². The summed E-state index contributed by atoms with van der Waals surface area (Å²) in [4.78, 5) is 7.07. The fourth-order valence-electron chi connectivity index (χ4n) is 2.74. The van der Waals surface area contributed by atoms with Crippen LogP contribution >= 0.6 is 11.6 Å². The molecule has 6 heteroatoms. The summed E-state index contributed by atoms with van der Waals surface area (Å²) in [6.07, 6.45) is 3.74. The average Bonchev–Trinajstić information content (AvgIpc) is 3.27. The molecule has 2 aromatic rings. The summed E-state index contributed by atoms with van der Waals surface area (Å²) in [6, 6.07) is 5.58. The summed E-state index contributed by atoms with van der Waals surface area (Å²) >= 11 is 6.05. The number of nitrogens with zero attached hydrogens (tertiary/aromatic N) is 4. The molecule has 1 aliphatic carbocycles. The number of benzene rings is 1. The lowest BCUT2D eigenvalue weighted by Gasteiger charge is -2.19. The summed E-state index contributed by atoms with van der Waals surface area (Å²) in [5.41, 5.74) is 0.904. The highest BCUT2D eigenvalue weighted by atomic mass is 35.5. The molecule has 1 saturated carbocycles. The van der Waals surface area contributed by atoms with Gasteiger partial charge >= 0.3 is 0 Å². The van der Waals surface area contributed by atoms with Gasteiger partial charge in [0.25, 0.3) is 0 Å². The number of anilines is 1. The predicted molar refractivity (Wildman–Crippen MR) is 93.2 cm³/mol. The molecule has 0 radical (unpaired) electrons. The number of methoxy groups -OCH3 is 1. The van der Waals surface area contributed by atoms with Crippen molar-refractivity contribution >= 4 is 17.5 Å². The van der Waals surface area contributed by atoms with Gasteiger partial charge in [0.05, 0.1) is 12.7 Å². The minimum Gasteiger partial charge on any atom is -0.496 e. The fourth-order valence-corrected chi connectivity index (χ4v) is 2.91. The number of rotatable bonds is 7. The van der Waals surface area contributed by atoms with Gasteiger partial charge in [-0.15, -0.1) is 5.10 Å². The molecule has 0 N–H and O–H groups in total. The first kappa shape index (κ1) is 16.1. The van der Waals surface area contributed by atoms with Crippen molar-refractivity contribution in [1.82, 2.24) is 14.8 Å². The van der Waals surface area contributed by atoms with E-state index >= 15 is 0 Å². The first-order valence-corrected chi connectivity index (χ1v) is 8.50. The Hall–Kier alpha value is -1.75. The monoisotopic (exact) mass is 334 g/mol. The molecule has 0 bridgehead atoms. The van der Waals surface area contributed by atoms with Crippen LogP contribution < -0.4 is 9.64 Å². The van der Waals surface area contributed by atoms with E-state index in [0.29, 0.717) is 10.8 Å². The Bertz CT molecular complexity index is 681. The lowest BCUT2D eigenvalue weighted by Crippen LogP contribution is -2.27. The van der Waals surface area contributed by atoms with E-state index in [4.69, 9.17) is 21.3 Å². The Morgan fingerprint density at radius 3 is 2.83 bits per heavy atom. The van der Waals surface area contributed by atoms with Gasteiger partial charge in [-0.1, -0.05) is 18.5 Å². The third-order valence-corrected chi connectivity index (χ3v) is 4.34. The second-order valence-electron chi connectivity index (χ2n) is 6.09. The Morgan fingerprint density at radius 2 is 2.17 bits per heavy atom. The molecule has 23 heavy (non-hydrogen) atoms. The van der Waals surface area contributed by atoms with Crippen molar-refractivity contribution in [3.8, 4) is 17.1 Å². The molecule has 0 aliphatic heterocycles. The summed E-state index contributed by atoms with van der Waals surface area (Å²) < 4.78 is 7.26. The standard InChI is InChI=1S/C17H23ClN4O/c1-4-9-22(11-12-5-6-12)17-19-16(21(2)20-17)14-8-7-13(18)10-15(14)23-3/h7-8,10,12H,4-6,9,11H2,1-3H3. The molecule has 5 nitrogen and oxygen atoms in total. The molecule has 1 aliphatic rings. The number of hydrogen-bond donors (Lipinski definition) is 0. The van der Waals surface area contributed by atoms with Crippen LogP contribution in [0.4, 0.5) is 5.95 Å². The van der Waals surface area contributed by atoms with Crippen LogP contribution in [0.25, 0.3) is 11.4 Å². The van der Waals surface area contributed by atoms with Gasteiger partial charge in [-0.25, -0.2) is 4.68 Å². The quantitative estimate of drug-likeness (QED) is 0.773. The van der Waals surface area contributed by atoms with E-state index in [9.17, 15) is 0 Å². The predicted octanol–water partition coefficient (Wildman–Crippen LogP) is 3.77. The van der Waals surface area contributed by atoms with Crippen molar-refractivity contribution in [2.45, 2.75) is 26.2 Å². The van der Waals surface area contributed by atoms with E-state index in [2.05, 4.69) is 16.9 Å². The van der Waals surface area contributed by atoms with Crippen molar-refractivity contribution < 1.29 is 4.74 Å². The molecule has 1 aromatic carbocycles.